The predicted octanol–water partition coefficient (Wildman–Crippen LogP) is 5.27. The number of hydrogen-bond donors (Lipinski definition) is 2. The molecule has 4 nitrogen and oxygen atoms in total. The number of carbonyl (C=O) groups is 2. The fourth-order valence-electron chi connectivity index (χ4n) is 2.21. The van der Waals surface area contributed by atoms with Crippen molar-refractivity contribution in [2.24, 2.45) is 5.41 Å². The topological polar surface area (TPSA) is 58.2 Å². The third-order valence-electron chi connectivity index (χ3n) is 4.02. The Morgan fingerprint density at radius 3 is 2.19 bits per heavy atom. The molecule has 0 aliphatic heterocycles. The summed E-state index contributed by atoms with van der Waals surface area (Å²) in [7, 11) is 0. The molecule has 2 aromatic carbocycles. The second-order valence-electron chi connectivity index (χ2n) is 6.57. The van der Waals surface area contributed by atoms with Crippen LogP contribution in [0.1, 0.15) is 25.0 Å². The number of halogens is 4. The molecule has 2 amide bonds. The number of carbonyl (C=O) groups excluding carboxylic acids is 2. The quantitative estimate of drug-likeness (QED) is 0.689. The van der Waals surface area contributed by atoms with Gasteiger partial charge in [0, 0.05) is 16.4 Å². The fourth-order valence-corrected chi connectivity index (χ4v) is 2.44. The van der Waals surface area contributed by atoms with Gasteiger partial charge in [0.05, 0.1) is 5.56 Å². The molecular weight excluding hydrogens is 381 g/mol. The summed E-state index contributed by atoms with van der Waals surface area (Å²) in [6, 6.07) is 9.09. The van der Waals surface area contributed by atoms with Crippen molar-refractivity contribution >= 4 is 34.8 Å². The molecule has 2 aromatic rings. The number of aryl methyl sites for hydroxylation is 1. The van der Waals surface area contributed by atoms with Gasteiger partial charge in [0.1, 0.15) is 5.41 Å². The minimum absolute atomic E-state index is 0.0432. The minimum atomic E-state index is -4.53. The maximum Gasteiger partial charge on any atom is 0.416 e. The SMILES string of the molecule is Cc1cc(Cl)ccc1NC(=O)C(C)(C)C(=O)Nc1cccc(C(F)(F)F)c1. The lowest BCUT2D eigenvalue weighted by atomic mass is 9.90. The highest BCUT2D eigenvalue weighted by Gasteiger charge is 2.37. The fraction of sp³-hybridized carbons (Fsp3) is 0.263. The Bertz CT molecular complexity index is 879. The maximum absolute atomic E-state index is 12.8. The average molecular weight is 399 g/mol. The van der Waals surface area contributed by atoms with E-state index in [1.54, 1.807) is 25.1 Å². The Morgan fingerprint density at radius 2 is 1.59 bits per heavy atom. The highest BCUT2D eigenvalue weighted by atomic mass is 35.5. The molecule has 2 N–H and O–H groups in total. The van der Waals surface area contributed by atoms with Gasteiger partial charge in [-0.3, -0.25) is 9.59 Å². The molecule has 0 fully saturated rings. The van der Waals surface area contributed by atoms with E-state index in [4.69, 9.17) is 11.6 Å². The summed E-state index contributed by atoms with van der Waals surface area (Å²) >= 11 is 5.87. The van der Waals surface area contributed by atoms with E-state index in [2.05, 4.69) is 10.6 Å². The van der Waals surface area contributed by atoms with Gasteiger partial charge in [-0.2, -0.15) is 13.2 Å². The number of benzene rings is 2. The summed E-state index contributed by atoms with van der Waals surface area (Å²) in [5, 5.41) is 5.51. The summed E-state index contributed by atoms with van der Waals surface area (Å²) in [4.78, 5) is 25.0. The summed E-state index contributed by atoms with van der Waals surface area (Å²) in [6.07, 6.45) is -4.53. The molecule has 0 aromatic heterocycles. The lowest BCUT2D eigenvalue weighted by Gasteiger charge is -2.23. The van der Waals surface area contributed by atoms with E-state index in [1.807, 2.05) is 0 Å². The molecule has 0 saturated heterocycles. The van der Waals surface area contributed by atoms with Crippen molar-refractivity contribution in [2.75, 3.05) is 10.6 Å². The number of hydrogen-bond acceptors (Lipinski definition) is 2. The molecule has 27 heavy (non-hydrogen) atoms. The Hall–Kier alpha value is -2.54. The zero-order valence-electron chi connectivity index (χ0n) is 14.9. The number of rotatable bonds is 4. The van der Waals surface area contributed by atoms with Crippen LogP contribution < -0.4 is 10.6 Å². The Balaban J connectivity index is 2.15. The Labute approximate surface area is 159 Å². The lowest BCUT2D eigenvalue weighted by Crippen LogP contribution is -2.41. The van der Waals surface area contributed by atoms with Crippen molar-refractivity contribution in [3.63, 3.8) is 0 Å². The minimum Gasteiger partial charge on any atom is -0.325 e. The molecule has 0 radical (unpaired) electrons. The van der Waals surface area contributed by atoms with Gasteiger partial charge < -0.3 is 10.6 Å². The van der Waals surface area contributed by atoms with Gasteiger partial charge in [-0.05, 0) is 62.7 Å². The van der Waals surface area contributed by atoms with Crippen LogP contribution in [0.25, 0.3) is 0 Å². The van der Waals surface area contributed by atoms with Gasteiger partial charge in [0.25, 0.3) is 0 Å². The molecule has 144 valence electrons. The van der Waals surface area contributed by atoms with Gasteiger partial charge >= 0.3 is 6.18 Å². The van der Waals surface area contributed by atoms with E-state index in [9.17, 15) is 22.8 Å². The lowest BCUT2D eigenvalue weighted by molar-refractivity contribution is -0.138. The van der Waals surface area contributed by atoms with Crippen LogP contribution in [0, 0.1) is 12.3 Å². The van der Waals surface area contributed by atoms with Crippen LogP contribution in [-0.4, -0.2) is 11.8 Å². The molecule has 2 rings (SSSR count). The zero-order valence-corrected chi connectivity index (χ0v) is 15.6. The highest BCUT2D eigenvalue weighted by Crippen LogP contribution is 2.31. The molecule has 0 saturated carbocycles. The van der Waals surface area contributed by atoms with Crippen LogP contribution in [-0.2, 0) is 15.8 Å². The average Bonchev–Trinajstić information content (AvgIpc) is 2.56. The van der Waals surface area contributed by atoms with Gasteiger partial charge in [-0.15, -0.1) is 0 Å². The van der Waals surface area contributed by atoms with Crippen LogP contribution in [0.4, 0.5) is 24.5 Å². The third-order valence-corrected chi connectivity index (χ3v) is 4.25. The second kappa shape index (κ2) is 7.60. The van der Waals surface area contributed by atoms with Crippen molar-refractivity contribution in [1.82, 2.24) is 0 Å². The number of alkyl halides is 3. The summed E-state index contributed by atoms with van der Waals surface area (Å²) in [5.41, 5.74) is -1.26. The Morgan fingerprint density at radius 1 is 0.963 bits per heavy atom. The standard InChI is InChI=1S/C19H18ClF3N2O2/c1-11-9-13(20)7-8-15(11)25-17(27)18(2,3)16(26)24-14-6-4-5-12(10-14)19(21,22)23/h4-10H,1-3H3,(H,24,26)(H,25,27). The smallest absolute Gasteiger partial charge is 0.325 e. The molecular formula is C19H18ClF3N2O2. The first-order valence-corrected chi connectivity index (χ1v) is 8.35. The van der Waals surface area contributed by atoms with E-state index >= 15 is 0 Å². The van der Waals surface area contributed by atoms with E-state index in [-0.39, 0.29) is 5.69 Å². The zero-order chi connectivity index (χ0) is 20.4. The molecule has 0 aliphatic rings. The van der Waals surface area contributed by atoms with Crippen LogP contribution in [0.5, 0.6) is 0 Å². The van der Waals surface area contributed by atoms with Crippen molar-refractivity contribution in [1.29, 1.82) is 0 Å². The van der Waals surface area contributed by atoms with E-state index in [0.717, 1.165) is 12.1 Å². The molecule has 0 unspecified atom stereocenters. The van der Waals surface area contributed by atoms with Crippen molar-refractivity contribution in [3.05, 3.63) is 58.6 Å². The van der Waals surface area contributed by atoms with Crippen LogP contribution in [0.3, 0.4) is 0 Å². The number of amides is 2. The van der Waals surface area contributed by atoms with Gasteiger partial charge in [0.15, 0.2) is 0 Å². The van der Waals surface area contributed by atoms with Crippen LogP contribution >= 0.6 is 11.6 Å². The van der Waals surface area contributed by atoms with Crippen LogP contribution in [0.15, 0.2) is 42.5 Å². The summed E-state index contributed by atoms with van der Waals surface area (Å²) in [6.45, 7) is 4.52. The molecule has 0 bridgehead atoms. The molecule has 0 atom stereocenters. The third kappa shape index (κ3) is 5.01. The normalized spacial score (nSPS) is 11.8. The van der Waals surface area contributed by atoms with Crippen molar-refractivity contribution in [2.45, 2.75) is 26.9 Å². The van der Waals surface area contributed by atoms with E-state index < -0.39 is 29.0 Å². The van der Waals surface area contributed by atoms with Crippen LogP contribution in [0.2, 0.25) is 5.02 Å². The van der Waals surface area contributed by atoms with Crippen molar-refractivity contribution < 1.29 is 22.8 Å². The largest absolute Gasteiger partial charge is 0.416 e. The second-order valence-corrected chi connectivity index (χ2v) is 7.01. The predicted molar refractivity (Wildman–Crippen MR) is 98.7 cm³/mol. The first-order valence-electron chi connectivity index (χ1n) is 7.97. The first kappa shape index (κ1) is 20.8. The van der Waals surface area contributed by atoms with E-state index in [1.165, 1.54) is 26.0 Å². The monoisotopic (exact) mass is 398 g/mol. The van der Waals surface area contributed by atoms with Crippen molar-refractivity contribution in [3.8, 4) is 0 Å². The maximum atomic E-state index is 12.8. The van der Waals surface area contributed by atoms with Gasteiger partial charge in [-0.25, -0.2) is 0 Å². The summed E-state index contributed by atoms with van der Waals surface area (Å²) < 4.78 is 38.4. The van der Waals surface area contributed by atoms with E-state index in [0.29, 0.717) is 16.3 Å². The van der Waals surface area contributed by atoms with Gasteiger partial charge in [-0.1, -0.05) is 17.7 Å². The Kier molecular flexibility index (Phi) is 5.85. The number of anilines is 2. The van der Waals surface area contributed by atoms with Gasteiger partial charge in [0.2, 0.25) is 11.8 Å². The number of nitrogens with one attached hydrogen (secondary N) is 2. The summed E-state index contributed by atoms with van der Waals surface area (Å²) in [5.74, 6) is -1.33. The highest BCUT2D eigenvalue weighted by molar-refractivity contribution is 6.30. The molecule has 8 heteroatoms. The molecule has 0 aliphatic carbocycles. The molecule has 0 heterocycles. The first-order chi connectivity index (χ1) is 12.4. The molecule has 0 spiro atoms.